The van der Waals surface area contributed by atoms with Gasteiger partial charge in [-0.15, -0.1) is 21.5 Å². The average molecular weight is 1740 g/mol. The zero-order valence-electron chi connectivity index (χ0n) is 70.8. The maximum atomic E-state index is 13.6. The smallest absolute Gasteiger partial charge is 0.291 e. The van der Waals surface area contributed by atoms with Gasteiger partial charge in [0.1, 0.15) is 41.5 Å². The summed E-state index contributed by atoms with van der Waals surface area (Å²) < 4.78 is 54.1. The Labute approximate surface area is 719 Å². The summed E-state index contributed by atoms with van der Waals surface area (Å²) in [5.41, 5.74) is 5.29. The van der Waals surface area contributed by atoms with E-state index in [4.69, 9.17) is 54.5 Å². The number of nitrogens with one attached hydrogen (secondary N) is 10. The van der Waals surface area contributed by atoms with Crippen LogP contribution in [0.5, 0.6) is 0 Å². The van der Waals surface area contributed by atoms with Gasteiger partial charge in [0.2, 0.25) is 47.0 Å². The summed E-state index contributed by atoms with van der Waals surface area (Å²) in [6, 6.07) is 9.85. The first kappa shape index (κ1) is 94.8. The van der Waals surface area contributed by atoms with E-state index in [1.54, 1.807) is 46.6 Å². The second-order valence-electron chi connectivity index (χ2n) is 28.1. The number of thiophene rings is 1. The fourth-order valence-corrected chi connectivity index (χ4v) is 13.5. The predicted molar refractivity (Wildman–Crippen MR) is 456 cm³/mol. The minimum Gasteiger partial charge on any atom is -0.496 e. The molecule has 0 fully saturated rings. The Balaban J connectivity index is 0.533. The molecule has 40 nitrogen and oxygen atoms in total. The molecule has 123 heavy (non-hydrogen) atoms. The van der Waals surface area contributed by atoms with Gasteiger partial charge >= 0.3 is 0 Å². The highest BCUT2D eigenvalue weighted by Crippen LogP contribution is 2.40. The highest BCUT2D eigenvalue weighted by Gasteiger charge is 2.33. The summed E-state index contributed by atoms with van der Waals surface area (Å²) in [4.78, 5) is 148. The lowest BCUT2D eigenvalue weighted by Crippen LogP contribution is -2.31. The second-order valence-corrected chi connectivity index (χ2v) is 29.8. The number of aromatic nitrogens is 11. The molecule has 8 aromatic rings. The Morgan fingerprint density at radius 3 is 1.39 bits per heavy atom. The van der Waals surface area contributed by atoms with Crippen molar-refractivity contribution in [3.05, 3.63) is 158 Å². The van der Waals surface area contributed by atoms with Crippen LogP contribution in [0.4, 0.5) is 28.8 Å². The van der Waals surface area contributed by atoms with Gasteiger partial charge in [0.05, 0.1) is 115 Å². The lowest BCUT2D eigenvalue weighted by Gasteiger charge is -2.13. The van der Waals surface area contributed by atoms with Crippen LogP contribution in [-0.4, -0.2) is 243 Å². The van der Waals surface area contributed by atoms with Crippen LogP contribution in [0.3, 0.4) is 0 Å². The fraction of sp³-hybridized carbons (Fsp3) is 0.457. The zero-order valence-corrected chi connectivity index (χ0v) is 72.3. The highest BCUT2D eigenvalue weighted by atomic mass is 35.5. The van der Waals surface area contributed by atoms with Crippen molar-refractivity contribution in [2.45, 2.75) is 86.1 Å². The highest BCUT2D eigenvalue weighted by molar-refractivity contribution is 7.15. The second kappa shape index (κ2) is 47.9. The summed E-state index contributed by atoms with van der Waals surface area (Å²) in [6.07, 6.45) is 12.1. The van der Waals surface area contributed by atoms with E-state index in [0.29, 0.717) is 109 Å². The number of carbonyl (C=O) groups excluding carboxylic acids is 10. The minimum absolute atomic E-state index is 0.00234. The molecule has 9 rings (SSSR count). The molecule has 10 N–H and O–H groups in total. The number of benzene rings is 1. The van der Waals surface area contributed by atoms with E-state index >= 15 is 0 Å². The monoisotopic (exact) mass is 1740 g/mol. The van der Waals surface area contributed by atoms with Crippen molar-refractivity contribution >= 4 is 117 Å². The van der Waals surface area contributed by atoms with Gasteiger partial charge in [-0.3, -0.25) is 57.5 Å². The van der Waals surface area contributed by atoms with Crippen LogP contribution in [0.15, 0.2) is 96.0 Å². The lowest BCUT2D eigenvalue weighted by atomic mass is 9.99. The van der Waals surface area contributed by atoms with E-state index < -0.39 is 53.3 Å². The molecule has 1 aromatic carbocycles. The molecule has 0 spiro atoms. The number of aliphatic imine (C=N–C) groups is 1. The molecule has 0 radical (unpaired) electrons. The molecule has 0 unspecified atom stereocenters. The van der Waals surface area contributed by atoms with Crippen molar-refractivity contribution < 1.29 is 85.8 Å². The number of rotatable bonds is 51. The molecular formula is C81H107ClN22O18S. The van der Waals surface area contributed by atoms with Crippen molar-refractivity contribution in [3.8, 4) is 5.00 Å². The minimum atomic E-state index is -0.646. The number of allylic oxidation sites excluding steroid dienone is 4. The van der Waals surface area contributed by atoms with Gasteiger partial charge in [-0.2, -0.15) is 0 Å². The number of ether oxygens (including phenoxy) is 8. The first-order chi connectivity index (χ1) is 59.2. The van der Waals surface area contributed by atoms with Crippen molar-refractivity contribution in [3.63, 3.8) is 0 Å². The van der Waals surface area contributed by atoms with Crippen molar-refractivity contribution in [2.75, 3.05) is 152 Å². The first-order valence-corrected chi connectivity index (χ1v) is 41.1. The molecule has 1 aliphatic rings. The number of imidazole rings is 3. The van der Waals surface area contributed by atoms with E-state index in [1.807, 2.05) is 68.7 Å². The molecule has 8 heterocycles. The van der Waals surface area contributed by atoms with E-state index in [-0.39, 0.29) is 135 Å². The average Bonchev–Trinajstić information content (AvgIpc) is 1.59. The Morgan fingerprint density at radius 2 is 0.927 bits per heavy atom. The summed E-state index contributed by atoms with van der Waals surface area (Å²) in [5, 5.41) is 37.4. The standard InChI is InChI=1S/C81H107ClN22O18S/c1-12-23-84-78(112)73-94-62(46-101(73)9)91-66(106)21-25-85-76(110)60-42-57(45-99(60)7)89-80(114)75-96-64(48-103(75)11)93-67(107)22-26-86-77(111)61-41-56(44-100(61)8)88-79(113)74-95-63(47-102(74)10)92-65(105)20-24-83-69(109)49-121-38-37-119-34-33-117-30-29-115-27-28-116-31-32-118-35-36-120-39-40-122-58(13-2)19-14-50(3)87-68(108)43-59-72-98-97-53(6)104(72)81-70(51(4)52(5)123-81)71(90-59)54-15-17-55(82)18-16-54/h14-19,41-42,44-48,59H,12-13,20-40,43,49H2,1-11H3,(H,83,109)(H,84,112)(H,85,110)(H,86,111)(H,87,108)(H,88,113)(H,89,114)(H,91,106)(H,92,105)(H,93,107)/b50-14+,58-19+/t59-/m0/s1. The Bertz CT molecular complexity index is 5090. The summed E-state index contributed by atoms with van der Waals surface area (Å²) in [7, 11) is 7.93. The molecular weight excluding hydrogens is 1640 g/mol. The van der Waals surface area contributed by atoms with Gasteiger partial charge in [0.25, 0.3) is 29.5 Å². The largest absolute Gasteiger partial charge is 0.496 e. The fourth-order valence-electron chi connectivity index (χ4n) is 12.2. The Hall–Kier alpha value is -12.1. The molecule has 1 aliphatic heterocycles. The van der Waals surface area contributed by atoms with Gasteiger partial charge in [-0.05, 0) is 76.1 Å². The van der Waals surface area contributed by atoms with Gasteiger partial charge in [0, 0.05) is 145 Å². The number of nitrogens with zero attached hydrogens (tertiary/aromatic N) is 12. The van der Waals surface area contributed by atoms with Crippen LogP contribution >= 0.6 is 22.9 Å². The third-order valence-electron chi connectivity index (χ3n) is 18.4. The predicted octanol–water partition coefficient (Wildman–Crippen LogP) is 5.82. The summed E-state index contributed by atoms with van der Waals surface area (Å²) in [6.45, 7) is 16.8. The number of anilines is 5. The molecule has 7 aromatic heterocycles. The number of amides is 10. The first-order valence-electron chi connectivity index (χ1n) is 39.9. The summed E-state index contributed by atoms with van der Waals surface area (Å²) >= 11 is 7.92. The van der Waals surface area contributed by atoms with Crippen LogP contribution in [0.25, 0.3) is 5.00 Å². The zero-order chi connectivity index (χ0) is 88.5. The Kier molecular flexibility index (Phi) is 36.9. The van der Waals surface area contributed by atoms with Crippen molar-refractivity contribution in [1.82, 2.24) is 79.1 Å². The number of hydrogen-bond donors (Lipinski definition) is 10. The van der Waals surface area contributed by atoms with Crippen LogP contribution in [0, 0.1) is 20.8 Å². The normalized spacial score (nSPS) is 12.5. The lowest BCUT2D eigenvalue weighted by molar-refractivity contribution is -0.126. The van der Waals surface area contributed by atoms with Crippen LogP contribution in [0.1, 0.15) is 151 Å². The van der Waals surface area contributed by atoms with Gasteiger partial charge in [-0.25, -0.2) is 15.0 Å². The molecule has 0 saturated carbocycles. The molecule has 662 valence electrons. The summed E-state index contributed by atoms with van der Waals surface area (Å²) in [5.74, 6) is -2.41. The number of fused-ring (bicyclic) bond motifs is 3. The maximum Gasteiger partial charge on any atom is 0.291 e. The van der Waals surface area contributed by atoms with Crippen LogP contribution in [-0.2, 0) is 97.1 Å². The quantitative estimate of drug-likeness (QED) is 0.0122. The third kappa shape index (κ3) is 29.0. The van der Waals surface area contributed by atoms with Crippen LogP contribution in [0.2, 0.25) is 5.02 Å². The molecule has 0 aliphatic carbocycles. The van der Waals surface area contributed by atoms with E-state index in [1.165, 1.54) is 66.0 Å². The van der Waals surface area contributed by atoms with E-state index in [2.05, 4.69) is 92.2 Å². The number of halogens is 1. The molecule has 0 saturated heterocycles. The number of carbonyl (C=O) groups is 10. The van der Waals surface area contributed by atoms with Gasteiger partial charge in [-0.1, -0.05) is 37.6 Å². The number of aryl methyl sites for hydroxylation is 7. The SMILES string of the molecule is CCCNC(=O)c1nc(NC(=O)CCNC(=O)c2cc(NC(=O)c3nc(NC(=O)CCNC(=O)c4cc(NC(=O)c5nc(NC(=O)CCNC(=O)COCCOCCOCCOCCOCCOCCOCCO/C(=C/C=C(\C)NC(=O)C[C@@H]6N=C(c7ccc(Cl)cc7)c7c(sc(C)c7C)-n7c(C)nnc76)CC)cn5C)cn4C)cn3C)cn2C)cn1C. The molecule has 0 bridgehead atoms. The van der Waals surface area contributed by atoms with Crippen molar-refractivity contribution in [1.29, 1.82) is 0 Å². The van der Waals surface area contributed by atoms with Crippen molar-refractivity contribution in [2.24, 2.45) is 40.2 Å². The number of hydrogen-bond acceptors (Lipinski definition) is 25. The van der Waals surface area contributed by atoms with Crippen LogP contribution < -0.4 is 53.2 Å². The molecule has 10 amide bonds. The Morgan fingerprint density at radius 1 is 0.488 bits per heavy atom. The third-order valence-corrected chi connectivity index (χ3v) is 19.9. The topological polar surface area (TPSA) is 471 Å². The van der Waals surface area contributed by atoms with Gasteiger partial charge in [0.15, 0.2) is 23.3 Å². The van der Waals surface area contributed by atoms with E-state index in [0.717, 1.165) is 50.3 Å². The maximum absolute atomic E-state index is 13.6. The molecule has 1 atom stereocenters. The molecule has 42 heteroatoms. The van der Waals surface area contributed by atoms with Gasteiger partial charge < -0.3 is 114 Å². The van der Waals surface area contributed by atoms with E-state index in [9.17, 15) is 47.9 Å².